The maximum atomic E-state index is 4.71. The van der Waals surface area contributed by atoms with Crippen LogP contribution in [0.3, 0.4) is 0 Å². The first-order chi connectivity index (χ1) is 12.1. The normalized spacial score (nSPS) is 13.4. The van der Waals surface area contributed by atoms with E-state index in [1.54, 1.807) is 0 Å². The highest BCUT2D eigenvalue weighted by Gasteiger charge is 2.21. The third kappa shape index (κ3) is 3.49. The average molecular weight is 386 g/mol. The number of hydrogen-bond donors (Lipinski definition) is 1. The summed E-state index contributed by atoms with van der Waals surface area (Å²) in [5, 5.41) is 1.25. The lowest BCUT2D eigenvalue weighted by Crippen LogP contribution is -2.31. The van der Waals surface area contributed by atoms with E-state index >= 15 is 0 Å². The van der Waals surface area contributed by atoms with Crippen molar-refractivity contribution >= 4 is 41.9 Å². The van der Waals surface area contributed by atoms with Crippen molar-refractivity contribution in [2.75, 3.05) is 11.4 Å². The highest BCUT2D eigenvalue weighted by molar-refractivity contribution is 7.78. The maximum Gasteiger partial charge on any atom is 0.154 e. The third-order valence-electron chi connectivity index (χ3n) is 5.01. The number of aromatic nitrogens is 2. The van der Waals surface area contributed by atoms with Gasteiger partial charge in [-0.1, -0.05) is 42.7 Å². The lowest BCUT2D eigenvalue weighted by molar-refractivity contribution is 0.723. The minimum absolute atomic E-state index is 0. The average Bonchev–Trinajstić information content (AvgIpc) is 2.96. The number of fused-ring (bicyclic) bond motifs is 2. The molecule has 0 amide bonds. The van der Waals surface area contributed by atoms with E-state index in [9.17, 15) is 0 Å². The van der Waals surface area contributed by atoms with Gasteiger partial charge in [0.1, 0.15) is 5.52 Å². The zero-order chi connectivity index (χ0) is 17.4. The van der Waals surface area contributed by atoms with E-state index in [1.165, 1.54) is 27.6 Å². The van der Waals surface area contributed by atoms with Gasteiger partial charge < -0.3 is 4.90 Å². The van der Waals surface area contributed by atoms with E-state index in [1.807, 2.05) is 10.2 Å². The predicted octanol–water partition coefficient (Wildman–Crippen LogP) is 5.22. The Kier molecular flexibility index (Phi) is 5.64. The number of aryl methyl sites for hydroxylation is 1. The minimum atomic E-state index is 0. The topological polar surface area (TPSA) is 21.1 Å². The Morgan fingerprint density at radius 1 is 1.23 bits per heavy atom. The van der Waals surface area contributed by atoms with Crippen molar-refractivity contribution in [3.8, 4) is 0 Å². The van der Waals surface area contributed by atoms with Gasteiger partial charge in [0.15, 0.2) is 5.82 Å². The molecule has 2 aromatic heterocycles. The summed E-state index contributed by atoms with van der Waals surface area (Å²) >= 11 is 4.69. The van der Waals surface area contributed by atoms with E-state index in [4.69, 9.17) is 4.98 Å². The molecule has 4 rings (SSSR count). The molecule has 0 atom stereocenters. The van der Waals surface area contributed by atoms with Crippen molar-refractivity contribution in [3.05, 3.63) is 71.6 Å². The number of allylic oxidation sites excluding steroid dienone is 1. The van der Waals surface area contributed by atoms with E-state index in [0.717, 1.165) is 43.7 Å². The van der Waals surface area contributed by atoms with Crippen LogP contribution in [0.15, 0.2) is 54.9 Å². The molecule has 0 fully saturated rings. The molecule has 136 valence electrons. The van der Waals surface area contributed by atoms with Crippen LogP contribution in [0.1, 0.15) is 30.0 Å². The van der Waals surface area contributed by atoms with Crippen molar-refractivity contribution in [2.24, 2.45) is 0 Å². The van der Waals surface area contributed by atoms with E-state index in [0.29, 0.717) is 0 Å². The summed E-state index contributed by atoms with van der Waals surface area (Å²) in [6.45, 7) is 8.00. The highest BCUT2D eigenvalue weighted by atomic mass is 35.5. The van der Waals surface area contributed by atoms with Gasteiger partial charge in [-0.3, -0.25) is 3.97 Å². The number of rotatable bonds is 4. The first kappa shape index (κ1) is 18.9. The zero-order valence-corrected chi connectivity index (χ0v) is 16.7. The summed E-state index contributed by atoms with van der Waals surface area (Å²) in [4.78, 5) is 7.09. The molecule has 0 spiro atoms. The van der Waals surface area contributed by atoms with E-state index < -0.39 is 0 Å². The zero-order valence-electron chi connectivity index (χ0n) is 15.0. The lowest BCUT2D eigenvalue weighted by Gasteiger charge is -2.30. The van der Waals surface area contributed by atoms with E-state index in [-0.39, 0.29) is 12.4 Å². The summed E-state index contributed by atoms with van der Waals surface area (Å²) in [6.07, 6.45) is 7.10. The maximum absolute atomic E-state index is 4.71. The van der Waals surface area contributed by atoms with Crippen LogP contribution in [0.4, 0.5) is 5.82 Å². The monoisotopic (exact) mass is 385 g/mol. The SMILES string of the molecule is C=C(C)CCc1cn(S)c2c(N3CCc4ccccc4C3)nccc12.Cl. The van der Waals surface area contributed by atoms with Gasteiger partial charge in [0.25, 0.3) is 0 Å². The van der Waals surface area contributed by atoms with E-state index in [2.05, 4.69) is 67.7 Å². The Balaban J connectivity index is 0.00000196. The van der Waals surface area contributed by atoms with Crippen LogP contribution in [0.5, 0.6) is 0 Å². The molecular weight excluding hydrogens is 362 g/mol. The second kappa shape index (κ2) is 7.77. The molecule has 0 saturated heterocycles. The highest BCUT2D eigenvalue weighted by Crippen LogP contribution is 2.33. The van der Waals surface area contributed by atoms with Crippen molar-refractivity contribution in [1.82, 2.24) is 8.96 Å². The third-order valence-corrected chi connectivity index (χ3v) is 5.32. The summed E-state index contributed by atoms with van der Waals surface area (Å²) in [5.41, 5.74) is 6.49. The Morgan fingerprint density at radius 2 is 2.00 bits per heavy atom. The number of hydrogen-bond acceptors (Lipinski definition) is 3. The fraction of sp³-hybridized carbons (Fsp3) is 0.286. The van der Waals surface area contributed by atoms with Gasteiger partial charge in [-0.15, -0.1) is 19.0 Å². The molecule has 0 N–H and O–H groups in total. The second-order valence-corrected chi connectivity index (χ2v) is 7.36. The Bertz CT molecular complexity index is 948. The lowest BCUT2D eigenvalue weighted by atomic mass is 10.00. The Labute approximate surface area is 166 Å². The number of thiol groups is 1. The minimum Gasteiger partial charge on any atom is -0.350 e. The second-order valence-electron chi connectivity index (χ2n) is 6.93. The fourth-order valence-corrected chi connectivity index (χ4v) is 4.00. The van der Waals surface area contributed by atoms with Crippen LogP contribution in [0.25, 0.3) is 10.9 Å². The molecule has 3 nitrogen and oxygen atoms in total. The summed E-state index contributed by atoms with van der Waals surface area (Å²) in [5.74, 6) is 1.03. The molecule has 0 unspecified atom stereocenters. The molecule has 0 aliphatic carbocycles. The number of halogens is 1. The molecule has 0 saturated carbocycles. The fourth-order valence-electron chi connectivity index (χ4n) is 3.66. The quantitative estimate of drug-likeness (QED) is 0.490. The van der Waals surface area contributed by atoms with Gasteiger partial charge in [-0.2, -0.15) is 0 Å². The molecule has 3 aromatic rings. The molecule has 3 heterocycles. The molecular formula is C21H24ClN3S. The van der Waals surface area contributed by atoms with Crippen LogP contribution >= 0.6 is 25.2 Å². The molecule has 1 aromatic carbocycles. The molecule has 26 heavy (non-hydrogen) atoms. The van der Waals surface area contributed by atoms with Gasteiger partial charge in [0.2, 0.25) is 0 Å². The Hall–Kier alpha value is -1.91. The smallest absolute Gasteiger partial charge is 0.154 e. The molecule has 0 bridgehead atoms. The van der Waals surface area contributed by atoms with Crippen LogP contribution < -0.4 is 4.90 Å². The molecule has 5 heteroatoms. The standard InChI is InChI=1S/C21H23N3S.ClH/c1-15(2)7-8-18-14-24(25)20-19(18)9-11-22-21(20)23-12-10-16-5-3-4-6-17(16)13-23;/h3-6,9,11,14,25H,1,7-8,10,12-13H2,2H3;1H. The van der Waals surface area contributed by atoms with Crippen molar-refractivity contribution in [1.29, 1.82) is 0 Å². The van der Waals surface area contributed by atoms with Crippen molar-refractivity contribution in [2.45, 2.75) is 32.7 Å². The summed E-state index contributed by atoms with van der Waals surface area (Å²) < 4.78 is 1.94. The first-order valence-electron chi connectivity index (χ1n) is 8.78. The van der Waals surface area contributed by atoms with Crippen LogP contribution in [0, 0.1) is 0 Å². The Morgan fingerprint density at radius 3 is 2.77 bits per heavy atom. The summed E-state index contributed by atoms with van der Waals surface area (Å²) in [7, 11) is 0. The van der Waals surface area contributed by atoms with Gasteiger partial charge in [0.05, 0.1) is 0 Å². The molecule has 1 aliphatic rings. The largest absolute Gasteiger partial charge is 0.350 e. The van der Waals surface area contributed by atoms with Gasteiger partial charge in [-0.05, 0) is 48.9 Å². The van der Waals surface area contributed by atoms with Crippen molar-refractivity contribution in [3.63, 3.8) is 0 Å². The van der Waals surface area contributed by atoms with Crippen LogP contribution in [0.2, 0.25) is 0 Å². The summed E-state index contributed by atoms with van der Waals surface area (Å²) in [6, 6.07) is 10.8. The number of pyridine rings is 1. The van der Waals surface area contributed by atoms with Crippen LogP contribution in [-0.4, -0.2) is 15.5 Å². The number of anilines is 1. The van der Waals surface area contributed by atoms with Gasteiger partial charge >= 0.3 is 0 Å². The van der Waals surface area contributed by atoms with Crippen LogP contribution in [-0.2, 0) is 19.4 Å². The van der Waals surface area contributed by atoms with Gasteiger partial charge in [0, 0.05) is 30.9 Å². The first-order valence-corrected chi connectivity index (χ1v) is 9.18. The van der Waals surface area contributed by atoms with Gasteiger partial charge in [-0.25, -0.2) is 4.98 Å². The van der Waals surface area contributed by atoms with Crippen molar-refractivity contribution < 1.29 is 0 Å². The number of benzene rings is 1. The molecule has 1 aliphatic heterocycles. The number of nitrogens with zero attached hydrogens (tertiary/aromatic N) is 3. The molecule has 0 radical (unpaired) electrons. The predicted molar refractivity (Wildman–Crippen MR) is 116 cm³/mol.